The van der Waals surface area contributed by atoms with Crippen LogP contribution < -0.4 is 0 Å². The van der Waals surface area contributed by atoms with Crippen LogP contribution in [0.2, 0.25) is 0 Å². The molecule has 0 radical (unpaired) electrons. The summed E-state index contributed by atoms with van der Waals surface area (Å²) in [5, 5.41) is 10.5. The molecule has 166 valence electrons. The van der Waals surface area contributed by atoms with Gasteiger partial charge < -0.3 is 10.6 Å². The van der Waals surface area contributed by atoms with Crippen LogP contribution in [0, 0.1) is 17.3 Å². The third-order valence-corrected chi connectivity index (χ3v) is 6.20. The van der Waals surface area contributed by atoms with Gasteiger partial charge in [-0.15, -0.1) is 25.2 Å². The zero-order valence-corrected chi connectivity index (χ0v) is 21.9. The van der Waals surface area contributed by atoms with Crippen LogP contribution >= 0.6 is 18.6 Å². The van der Waals surface area contributed by atoms with Gasteiger partial charge in [0.15, 0.2) is 0 Å². The molecule has 0 atom stereocenters. The molecular weight excluding hydrogens is 423 g/mol. The summed E-state index contributed by atoms with van der Waals surface area (Å²) >= 11 is -0.556. The van der Waals surface area contributed by atoms with Crippen molar-refractivity contribution in [1.29, 1.82) is 0 Å². The molecule has 0 aromatic heterocycles. The van der Waals surface area contributed by atoms with E-state index in [-0.39, 0.29) is 0 Å². The second kappa shape index (κ2) is 15.9. The van der Waals surface area contributed by atoms with E-state index >= 15 is 0 Å². The second-order valence-electron chi connectivity index (χ2n) is 10.0. The van der Waals surface area contributed by atoms with Gasteiger partial charge in [0.05, 0.1) is 0 Å². The Morgan fingerprint density at radius 3 is 1.32 bits per heavy atom. The number of rotatable bonds is 10. The molecular formula is C23H44Cl2N2Ti-2. The number of halogens is 2. The fourth-order valence-electron chi connectivity index (χ4n) is 5.30. The molecule has 0 unspecified atom stereocenters. The second-order valence-corrected chi connectivity index (χ2v) is 12.6. The Morgan fingerprint density at radius 1 is 0.714 bits per heavy atom. The minimum absolute atomic E-state index is 0.317. The van der Waals surface area contributed by atoms with Gasteiger partial charge in [-0.1, -0.05) is 97.3 Å². The van der Waals surface area contributed by atoms with Crippen molar-refractivity contribution in [1.82, 2.24) is 0 Å². The minimum atomic E-state index is -0.556. The van der Waals surface area contributed by atoms with Gasteiger partial charge in [0.1, 0.15) is 0 Å². The first-order valence-electron chi connectivity index (χ1n) is 11.7. The normalized spacial score (nSPS) is 19.6. The van der Waals surface area contributed by atoms with Gasteiger partial charge in [0, 0.05) is 0 Å². The first kappa shape index (κ1) is 27.2. The zero-order valence-electron chi connectivity index (χ0n) is 18.9. The molecule has 0 amide bonds. The van der Waals surface area contributed by atoms with Crippen LogP contribution in [0.5, 0.6) is 0 Å². The summed E-state index contributed by atoms with van der Waals surface area (Å²) in [6, 6.07) is 1.28. The maximum atomic E-state index is 5.27. The Hall–Kier alpha value is 1.21. The Bertz CT molecular complexity index is 334. The van der Waals surface area contributed by atoms with Crippen LogP contribution in [0.3, 0.4) is 0 Å². The summed E-state index contributed by atoms with van der Waals surface area (Å²) < 4.78 is 0. The first-order valence-corrected chi connectivity index (χ1v) is 16.0. The molecule has 0 saturated heterocycles. The SMILES string of the molecule is CC(C)CC(C[N-]C1CCCCC1)(C[N-]C1CCCCC1)CC(C)C.[Cl][Ti][Cl]. The van der Waals surface area contributed by atoms with Crippen LogP contribution in [0.15, 0.2) is 0 Å². The summed E-state index contributed by atoms with van der Waals surface area (Å²) in [6.45, 7) is 11.7. The predicted molar refractivity (Wildman–Crippen MR) is 123 cm³/mol. The Morgan fingerprint density at radius 2 is 1.04 bits per heavy atom. The van der Waals surface area contributed by atoms with Crippen LogP contribution in [0.1, 0.15) is 105 Å². The average Bonchev–Trinajstić information content (AvgIpc) is 2.66. The van der Waals surface area contributed by atoms with Crippen molar-refractivity contribution < 1.29 is 17.0 Å². The molecule has 2 aliphatic rings. The van der Waals surface area contributed by atoms with E-state index in [0.29, 0.717) is 17.5 Å². The monoisotopic (exact) mass is 466 g/mol. The number of hydrogen-bond acceptors (Lipinski definition) is 0. The molecule has 0 aliphatic heterocycles. The Labute approximate surface area is 192 Å². The van der Waals surface area contributed by atoms with E-state index in [1.54, 1.807) is 0 Å². The van der Waals surface area contributed by atoms with Gasteiger partial charge in [0.25, 0.3) is 0 Å². The third-order valence-electron chi connectivity index (χ3n) is 6.20. The van der Waals surface area contributed by atoms with Gasteiger partial charge in [0.2, 0.25) is 0 Å². The van der Waals surface area contributed by atoms with E-state index in [1.165, 1.54) is 77.0 Å². The summed E-state index contributed by atoms with van der Waals surface area (Å²) in [4.78, 5) is 0. The molecule has 0 N–H and O–H groups in total. The predicted octanol–water partition coefficient (Wildman–Crippen LogP) is 8.85. The zero-order chi connectivity index (χ0) is 20.8. The molecule has 2 fully saturated rings. The summed E-state index contributed by atoms with van der Waals surface area (Å²) in [5.74, 6) is 1.48. The van der Waals surface area contributed by atoms with Crippen LogP contribution in [0.25, 0.3) is 10.6 Å². The van der Waals surface area contributed by atoms with E-state index in [4.69, 9.17) is 29.2 Å². The molecule has 28 heavy (non-hydrogen) atoms. The first-order chi connectivity index (χ1) is 13.4. The molecule has 2 nitrogen and oxygen atoms in total. The van der Waals surface area contributed by atoms with E-state index in [9.17, 15) is 0 Å². The quantitative estimate of drug-likeness (QED) is 0.287. The van der Waals surface area contributed by atoms with Crippen molar-refractivity contribution in [3.8, 4) is 0 Å². The maximum absolute atomic E-state index is 5.27. The molecule has 0 heterocycles. The van der Waals surface area contributed by atoms with Crippen LogP contribution in [-0.4, -0.2) is 25.2 Å². The van der Waals surface area contributed by atoms with Crippen LogP contribution in [0.4, 0.5) is 0 Å². The van der Waals surface area contributed by atoms with E-state index < -0.39 is 17.0 Å². The third kappa shape index (κ3) is 12.2. The van der Waals surface area contributed by atoms with Gasteiger partial charge >= 0.3 is 35.6 Å². The fraction of sp³-hybridized carbons (Fsp3) is 1.00. The van der Waals surface area contributed by atoms with E-state index in [0.717, 1.165) is 24.9 Å². The molecule has 5 heteroatoms. The Kier molecular flexibility index (Phi) is 15.5. The van der Waals surface area contributed by atoms with Gasteiger partial charge in [-0.05, 0) is 24.7 Å². The number of hydrogen-bond donors (Lipinski definition) is 0. The summed E-state index contributed by atoms with van der Waals surface area (Å²) in [5.41, 5.74) is 0.317. The molecule has 0 aromatic rings. The van der Waals surface area contributed by atoms with Crippen molar-refractivity contribution in [3.63, 3.8) is 0 Å². The van der Waals surface area contributed by atoms with Gasteiger partial charge in [-0.2, -0.15) is 0 Å². The Balaban J connectivity index is 0.00000122. The van der Waals surface area contributed by atoms with Gasteiger partial charge in [-0.25, -0.2) is 0 Å². The van der Waals surface area contributed by atoms with Crippen molar-refractivity contribution in [2.75, 3.05) is 13.1 Å². The summed E-state index contributed by atoms with van der Waals surface area (Å²) in [6.07, 6.45) is 16.3. The standard InChI is InChI=1S/C23H44N2.2ClH.Ti/c1-19(2)15-23(16-20(3)4,17-24-21-11-7-5-8-12-21)18-25-22-13-9-6-10-14-22;;;/h19-22H,5-18H2,1-4H3;2*1H;/q-2;;;+2/p-2. The van der Waals surface area contributed by atoms with Gasteiger partial charge in [-0.3, -0.25) is 0 Å². The molecule has 0 aromatic carbocycles. The average molecular weight is 467 g/mol. The van der Waals surface area contributed by atoms with Crippen molar-refractivity contribution in [2.45, 2.75) is 117 Å². The fourth-order valence-corrected chi connectivity index (χ4v) is 5.30. The van der Waals surface area contributed by atoms with Crippen molar-refractivity contribution in [3.05, 3.63) is 10.6 Å². The van der Waals surface area contributed by atoms with Crippen molar-refractivity contribution in [2.24, 2.45) is 17.3 Å². The topological polar surface area (TPSA) is 28.2 Å². The summed E-state index contributed by atoms with van der Waals surface area (Å²) in [7, 11) is 9.78. The molecule has 0 spiro atoms. The molecule has 2 rings (SSSR count). The van der Waals surface area contributed by atoms with Crippen LogP contribution in [-0.2, 0) is 17.0 Å². The molecule has 2 aliphatic carbocycles. The van der Waals surface area contributed by atoms with E-state index in [2.05, 4.69) is 27.7 Å². The van der Waals surface area contributed by atoms with E-state index in [1.807, 2.05) is 0 Å². The molecule has 2 saturated carbocycles. The molecule has 0 bridgehead atoms. The van der Waals surface area contributed by atoms with Crippen molar-refractivity contribution >= 4 is 18.6 Å². The number of nitrogens with zero attached hydrogens (tertiary/aromatic N) is 2.